The maximum absolute atomic E-state index is 14.0. The fourth-order valence-corrected chi connectivity index (χ4v) is 3.06. The minimum Gasteiger partial charge on any atom is -0.482 e. The van der Waals surface area contributed by atoms with Gasteiger partial charge in [-0.3, -0.25) is 4.79 Å². The second-order valence-electron chi connectivity index (χ2n) is 6.39. The quantitative estimate of drug-likeness (QED) is 0.620. The fourth-order valence-electron chi connectivity index (χ4n) is 3.06. The van der Waals surface area contributed by atoms with Gasteiger partial charge in [0.05, 0.1) is 5.56 Å². The molecule has 0 heterocycles. The van der Waals surface area contributed by atoms with Crippen molar-refractivity contribution in [1.29, 1.82) is 0 Å². The van der Waals surface area contributed by atoms with Crippen molar-refractivity contribution >= 4 is 11.8 Å². The average Bonchev–Trinajstić information content (AvgIpc) is 2.87. The van der Waals surface area contributed by atoms with E-state index in [0.717, 1.165) is 11.1 Å². The number of rotatable bonds is 4. The number of ketones is 1. The Morgan fingerprint density at radius 2 is 1.96 bits per heavy atom. The zero-order chi connectivity index (χ0) is 18.1. The van der Waals surface area contributed by atoms with E-state index in [1.54, 1.807) is 6.92 Å². The number of Topliss-reactive ketones (excluding diaryl/α,β-unsaturated/α-hetero) is 1. The standard InChI is InChI=1S/C20H19FO4/c1-11-4-5-12(2)17(8-11)24-10-18(23)25-16-7-6-14(21)19-13(3)9-15(22)20(16)19/h4-8,13H,9-10H2,1-3H3. The SMILES string of the molecule is Cc1ccc(C)c(OCC(=O)Oc2ccc(F)c3c2C(=O)CC3C)c1. The summed E-state index contributed by atoms with van der Waals surface area (Å²) in [6.07, 6.45) is 0.222. The molecule has 0 bridgehead atoms. The first-order valence-corrected chi connectivity index (χ1v) is 8.13. The highest BCUT2D eigenvalue weighted by atomic mass is 19.1. The highest BCUT2D eigenvalue weighted by Crippen LogP contribution is 2.39. The van der Waals surface area contributed by atoms with Crippen LogP contribution in [0.2, 0.25) is 0 Å². The van der Waals surface area contributed by atoms with Crippen molar-refractivity contribution < 1.29 is 23.5 Å². The number of hydrogen-bond donors (Lipinski definition) is 0. The number of carbonyl (C=O) groups excluding carboxylic acids is 2. The molecular weight excluding hydrogens is 323 g/mol. The van der Waals surface area contributed by atoms with Crippen molar-refractivity contribution in [3.63, 3.8) is 0 Å². The Labute approximate surface area is 145 Å². The highest BCUT2D eigenvalue weighted by Gasteiger charge is 2.33. The molecular formula is C20H19FO4. The van der Waals surface area contributed by atoms with E-state index in [1.807, 2.05) is 32.0 Å². The Kier molecular flexibility index (Phi) is 4.57. The number of ether oxygens (including phenoxy) is 2. The van der Waals surface area contributed by atoms with Gasteiger partial charge in [-0.1, -0.05) is 19.1 Å². The molecule has 3 rings (SSSR count). The molecule has 1 aliphatic rings. The molecule has 0 amide bonds. The molecule has 0 saturated heterocycles. The molecule has 1 atom stereocenters. The third-order valence-corrected chi connectivity index (χ3v) is 4.33. The van der Waals surface area contributed by atoms with Crippen LogP contribution in [0, 0.1) is 19.7 Å². The highest BCUT2D eigenvalue weighted by molar-refractivity contribution is 6.04. The molecule has 4 nitrogen and oxygen atoms in total. The molecule has 0 radical (unpaired) electrons. The summed E-state index contributed by atoms with van der Waals surface area (Å²) in [5.41, 5.74) is 2.42. The van der Waals surface area contributed by atoms with Crippen LogP contribution in [0.1, 0.15) is 46.3 Å². The molecule has 25 heavy (non-hydrogen) atoms. The summed E-state index contributed by atoms with van der Waals surface area (Å²) in [4.78, 5) is 24.2. The van der Waals surface area contributed by atoms with Gasteiger partial charge in [-0.25, -0.2) is 9.18 Å². The van der Waals surface area contributed by atoms with Crippen molar-refractivity contribution in [2.75, 3.05) is 6.61 Å². The van der Waals surface area contributed by atoms with Gasteiger partial charge in [0.25, 0.3) is 0 Å². The summed E-state index contributed by atoms with van der Waals surface area (Å²) in [7, 11) is 0. The average molecular weight is 342 g/mol. The predicted octanol–water partition coefficient (Wildman–Crippen LogP) is 4.12. The van der Waals surface area contributed by atoms with Crippen LogP contribution in [-0.4, -0.2) is 18.4 Å². The lowest BCUT2D eigenvalue weighted by Gasteiger charge is -2.12. The number of aryl methyl sites for hydroxylation is 2. The molecule has 2 aromatic carbocycles. The summed E-state index contributed by atoms with van der Waals surface area (Å²) in [5.74, 6) is -0.805. The van der Waals surface area contributed by atoms with Crippen molar-refractivity contribution in [2.45, 2.75) is 33.1 Å². The maximum Gasteiger partial charge on any atom is 0.349 e. The van der Waals surface area contributed by atoms with Gasteiger partial charge >= 0.3 is 5.97 Å². The van der Waals surface area contributed by atoms with E-state index in [4.69, 9.17) is 9.47 Å². The number of hydrogen-bond acceptors (Lipinski definition) is 4. The molecule has 2 aromatic rings. The largest absolute Gasteiger partial charge is 0.482 e. The van der Waals surface area contributed by atoms with Crippen LogP contribution in [0.15, 0.2) is 30.3 Å². The Bertz CT molecular complexity index is 857. The molecule has 1 unspecified atom stereocenters. The van der Waals surface area contributed by atoms with E-state index in [2.05, 4.69) is 0 Å². The topological polar surface area (TPSA) is 52.6 Å². The van der Waals surface area contributed by atoms with Crippen LogP contribution in [-0.2, 0) is 4.79 Å². The van der Waals surface area contributed by atoms with Crippen molar-refractivity contribution in [2.24, 2.45) is 0 Å². The second kappa shape index (κ2) is 6.67. The predicted molar refractivity (Wildman–Crippen MR) is 90.8 cm³/mol. The van der Waals surface area contributed by atoms with E-state index in [1.165, 1.54) is 12.1 Å². The smallest absolute Gasteiger partial charge is 0.349 e. The van der Waals surface area contributed by atoms with Crippen molar-refractivity contribution in [3.05, 3.63) is 58.4 Å². The van der Waals surface area contributed by atoms with Crippen LogP contribution in [0.4, 0.5) is 4.39 Å². The summed E-state index contributed by atoms with van der Waals surface area (Å²) in [6, 6.07) is 8.24. The lowest BCUT2D eigenvalue weighted by Crippen LogP contribution is -2.19. The van der Waals surface area contributed by atoms with Gasteiger partial charge in [0, 0.05) is 12.0 Å². The second-order valence-corrected chi connectivity index (χ2v) is 6.39. The maximum atomic E-state index is 14.0. The minimum absolute atomic E-state index is 0.0975. The molecule has 0 aliphatic heterocycles. The van der Waals surface area contributed by atoms with Gasteiger partial charge in [0.1, 0.15) is 17.3 Å². The normalized spacial score (nSPS) is 15.8. The van der Waals surface area contributed by atoms with Crippen LogP contribution in [0.5, 0.6) is 11.5 Å². The van der Waals surface area contributed by atoms with Crippen LogP contribution in [0.25, 0.3) is 0 Å². The first kappa shape index (κ1) is 17.1. The van der Waals surface area contributed by atoms with E-state index in [0.29, 0.717) is 11.3 Å². The Morgan fingerprint density at radius 1 is 1.20 bits per heavy atom. The summed E-state index contributed by atoms with van der Waals surface area (Å²) in [5, 5.41) is 0. The number of benzene rings is 2. The zero-order valence-corrected chi connectivity index (χ0v) is 14.4. The molecule has 0 fully saturated rings. The monoisotopic (exact) mass is 342 g/mol. The summed E-state index contributed by atoms with van der Waals surface area (Å²) >= 11 is 0. The first-order chi connectivity index (χ1) is 11.9. The Hall–Kier alpha value is -2.69. The van der Waals surface area contributed by atoms with Gasteiger partial charge in [0.2, 0.25) is 0 Å². The number of esters is 1. The lowest BCUT2D eigenvalue weighted by molar-refractivity contribution is -0.136. The summed E-state index contributed by atoms with van der Waals surface area (Å²) < 4.78 is 24.7. The number of carbonyl (C=O) groups is 2. The molecule has 0 aromatic heterocycles. The number of fused-ring (bicyclic) bond motifs is 1. The van der Waals surface area contributed by atoms with Gasteiger partial charge < -0.3 is 9.47 Å². The molecule has 130 valence electrons. The van der Waals surface area contributed by atoms with Crippen molar-refractivity contribution in [3.8, 4) is 11.5 Å². The van der Waals surface area contributed by atoms with Crippen LogP contribution < -0.4 is 9.47 Å². The third kappa shape index (κ3) is 3.40. The third-order valence-electron chi connectivity index (χ3n) is 4.33. The Morgan fingerprint density at radius 3 is 2.72 bits per heavy atom. The summed E-state index contributed by atoms with van der Waals surface area (Å²) in [6.45, 7) is 5.30. The van der Waals surface area contributed by atoms with E-state index in [9.17, 15) is 14.0 Å². The van der Waals surface area contributed by atoms with Crippen LogP contribution >= 0.6 is 0 Å². The van der Waals surface area contributed by atoms with E-state index >= 15 is 0 Å². The van der Waals surface area contributed by atoms with E-state index in [-0.39, 0.29) is 36.0 Å². The van der Waals surface area contributed by atoms with Crippen molar-refractivity contribution in [1.82, 2.24) is 0 Å². The molecule has 5 heteroatoms. The van der Waals surface area contributed by atoms with Gasteiger partial charge in [-0.15, -0.1) is 0 Å². The fraction of sp³-hybridized carbons (Fsp3) is 0.300. The van der Waals surface area contributed by atoms with Crippen LogP contribution in [0.3, 0.4) is 0 Å². The van der Waals surface area contributed by atoms with Gasteiger partial charge in [0.15, 0.2) is 12.4 Å². The van der Waals surface area contributed by atoms with E-state index < -0.39 is 11.8 Å². The molecule has 0 saturated carbocycles. The first-order valence-electron chi connectivity index (χ1n) is 8.13. The molecule has 0 spiro atoms. The molecule has 0 N–H and O–H groups in total. The zero-order valence-electron chi connectivity index (χ0n) is 14.4. The van der Waals surface area contributed by atoms with Gasteiger partial charge in [-0.2, -0.15) is 0 Å². The lowest BCUT2D eigenvalue weighted by atomic mass is 10.0. The molecule has 1 aliphatic carbocycles. The van der Waals surface area contributed by atoms with Gasteiger partial charge in [-0.05, 0) is 49.1 Å². The number of halogens is 1. The Balaban J connectivity index is 1.74. The minimum atomic E-state index is -0.637.